The van der Waals surface area contributed by atoms with E-state index < -0.39 is 18.6 Å². The first-order chi connectivity index (χ1) is 9.80. The Kier molecular flexibility index (Phi) is 4.22. The van der Waals surface area contributed by atoms with Gasteiger partial charge in [0, 0.05) is 22.2 Å². The summed E-state index contributed by atoms with van der Waals surface area (Å²) in [6.45, 7) is -1.73. The van der Waals surface area contributed by atoms with Crippen LogP contribution in [0, 0.1) is 0 Å². The van der Waals surface area contributed by atoms with Crippen molar-refractivity contribution in [3.05, 3.63) is 35.0 Å². The molecule has 0 saturated heterocycles. The third kappa shape index (κ3) is 3.75. The van der Waals surface area contributed by atoms with Gasteiger partial charge in [0.05, 0.1) is 5.52 Å². The lowest BCUT2D eigenvalue weighted by molar-refractivity contribution is -0.138. The summed E-state index contributed by atoms with van der Waals surface area (Å²) < 4.78 is 37.5. The van der Waals surface area contributed by atoms with Gasteiger partial charge in [-0.05, 0) is 12.1 Å². The molecule has 0 unspecified atom stereocenters. The zero-order valence-corrected chi connectivity index (χ0v) is 11.3. The molecule has 0 fully saturated rings. The predicted octanol–water partition coefficient (Wildman–Crippen LogP) is 2.79. The number of nitrogens with zero attached hydrogens (tertiary/aromatic N) is 1. The molecule has 1 amide bonds. The summed E-state index contributed by atoms with van der Waals surface area (Å²) in [5.41, 5.74) is 0.844. The third-order valence-corrected chi connectivity index (χ3v) is 3.04. The molecule has 0 aliphatic heterocycles. The molecule has 0 atom stereocenters. The zero-order chi connectivity index (χ0) is 15.6. The Morgan fingerprint density at radius 3 is 2.71 bits per heavy atom. The number of carbonyl (C=O) groups excluding carboxylic acids is 2. The van der Waals surface area contributed by atoms with Gasteiger partial charge in [0.2, 0.25) is 5.91 Å². The number of hydrogen-bond donors (Lipinski definition) is 1. The van der Waals surface area contributed by atoms with E-state index >= 15 is 0 Å². The van der Waals surface area contributed by atoms with E-state index in [2.05, 4.69) is 0 Å². The third-order valence-electron chi connectivity index (χ3n) is 2.80. The van der Waals surface area contributed by atoms with Crippen LogP contribution in [0.2, 0.25) is 5.02 Å². The molecule has 8 heteroatoms. The van der Waals surface area contributed by atoms with Crippen LogP contribution in [0.3, 0.4) is 0 Å². The van der Waals surface area contributed by atoms with Gasteiger partial charge in [-0.3, -0.25) is 9.59 Å². The lowest BCUT2D eigenvalue weighted by atomic mass is 10.2. The lowest BCUT2D eigenvalue weighted by Gasteiger charge is -2.09. The van der Waals surface area contributed by atoms with Crippen LogP contribution >= 0.6 is 11.6 Å². The Bertz CT molecular complexity index is 695. The van der Waals surface area contributed by atoms with Crippen LogP contribution in [-0.2, 0) is 11.3 Å². The molecule has 1 aromatic carbocycles. The van der Waals surface area contributed by atoms with E-state index in [1.54, 1.807) is 23.5 Å². The van der Waals surface area contributed by atoms with Gasteiger partial charge in [-0.25, -0.2) is 0 Å². The number of benzene rings is 1. The van der Waals surface area contributed by atoms with E-state index in [9.17, 15) is 22.8 Å². The van der Waals surface area contributed by atoms with Crippen LogP contribution in [0.4, 0.5) is 13.2 Å². The summed E-state index contributed by atoms with van der Waals surface area (Å²) in [5, 5.41) is 2.75. The zero-order valence-electron chi connectivity index (χ0n) is 10.6. The summed E-state index contributed by atoms with van der Waals surface area (Å²) in [4.78, 5) is 22.5. The number of fused-ring (bicyclic) bond motifs is 1. The number of alkyl halides is 3. The second-order valence-corrected chi connectivity index (χ2v) is 4.82. The molecule has 21 heavy (non-hydrogen) atoms. The molecule has 2 aromatic rings. The Balaban J connectivity index is 2.24. The molecule has 0 bridgehead atoms. The lowest BCUT2D eigenvalue weighted by Crippen LogP contribution is -2.35. The number of amides is 1. The minimum atomic E-state index is -4.47. The number of rotatable bonds is 4. The summed E-state index contributed by atoms with van der Waals surface area (Å²) in [7, 11) is 0. The number of halogens is 4. The monoisotopic (exact) mass is 318 g/mol. The second kappa shape index (κ2) is 5.77. The summed E-state index contributed by atoms with van der Waals surface area (Å²) >= 11 is 5.85. The second-order valence-electron chi connectivity index (χ2n) is 4.38. The van der Waals surface area contributed by atoms with Crippen LogP contribution in [0.15, 0.2) is 24.4 Å². The van der Waals surface area contributed by atoms with Crippen molar-refractivity contribution in [3.63, 3.8) is 0 Å². The summed E-state index contributed by atoms with van der Waals surface area (Å²) in [6, 6.07) is 4.75. The smallest absolute Gasteiger partial charge is 0.345 e. The number of nitrogens with one attached hydrogen (secondary N) is 1. The van der Waals surface area contributed by atoms with Crippen molar-refractivity contribution in [2.24, 2.45) is 0 Å². The van der Waals surface area contributed by atoms with Crippen molar-refractivity contribution >= 4 is 34.7 Å². The predicted molar refractivity (Wildman–Crippen MR) is 71.4 cm³/mol. The van der Waals surface area contributed by atoms with Gasteiger partial charge >= 0.3 is 6.18 Å². The number of aldehydes is 1. The van der Waals surface area contributed by atoms with Gasteiger partial charge in [-0.2, -0.15) is 13.2 Å². The highest BCUT2D eigenvalue weighted by Crippen LogP contribution is 2.24. The Hall–Kier alpha value is -2.02. The quantitative estimate of drug-likeness (QED) is 0.881. The Morgan fingerprint density at radius 2 is 2.10 bits per heavy atom. The van der Waals surface area contributed by atoms with E-state index in [0.29, 0.717) is 27.8 Å². The summed E-state index contributed by atoms with van der Waals surface area (Å²) in [5.74, 6) is -0.804. The first-order valence-electron chi connectivity index (χ1n) is 5.87. The molecule has 112 valence electrons. The van der Waals surface area contributed by atoms with Crippen LogP contribution in [0.1, 0.15) is 10.4 Å². The van der Waals surface area contributed by atoms with Gasteiger partial charge in [0.1, 0.15) is 13.1 Å². The fourth-order valence-electron chi connectivity index (χ4n) is 1.93. The van der Waals surface area contributed by atoms with E-state index in [1.807, 2.05) is 0 Å². The van der Waals surface area contributed by atoms with E-state index in [4.69, 9.17) is 11.6 Å². The molecule has 1 N–H and O–H groups in total. The highest BCUT2D eigenvalue weighted by atomic mass is 35.5. The minimum Gasteiger partial charge on any atom is -0.345 e. The van der Waals surface area contributed by atoms with E-state index in [-0.39, 0.29) is 6.54 Å². The first kappa shape index (κ1) is 15.4. The van der Waals surface area contributed by atoms with Crippen LogP contribution in [0.5, 0.6) is 0 Å². The fraction of sp³-hybridized carbons (Fsp3) is 0.231. The molecule has 0 spiro atoms. The van der Waals surface area contributed by atoms with Crippen molar-refractivity contribution in [3.8, 4) is 0 Å². The van der Waals surface area contributed by atoms with Crippen molar-refractivity contribution in [1.29, 1.82) is 0 Å². The maximum Gasteiger partial charge on any atom is 0.405 e. The SMILES string of the molecule is O=Cc1cn(CC(=O)NCC(F)(F)F)c2cc(Cl)ccc12. The maximum absolute atomic E-state index is 12.0. The number of carbonyl (C=O) groups is 2. The molecule has 0 saturated carbocycles. The van der Waals surface area contributed by atoms with Gasteiger partial charge in [0.25, 0.3) is 0 Å². The normalized spacial score (nSPS) is 11.6. The van der Waals surface area contributed by atoms with Gasteiger partial charge in [-0.1, -0.05) is 17.7 Å². The van der Waals surface area contributed by atoms with Gasteiger partial charge in [0.15, 0.2) is 6.29 Å². The number of aromatic nitrogens is 1. The van der Waals surface area contributed by atoms with Gasteiger partial charge in [-0.15, -0.1) is 0 Å². The largest absolute Gasteiger partial charge is 0.405 e. The van der Waals surface area contributed by atoms with E-state index in [0.717, 1.165) is 0 Å². The average Bonchev–Trinajstić information content (AvgIpc) is 2.73. The summed E-state index contributed by atoms with van der Waals surface area (Å²) in [6.07, 6.45) is -2.45. The molecule has 1 aromatic heterocycles. The molecular weight excluding hydrogens is 309 g/mol. The standard InChI is InChI=1S/C13H10ClF3N2O2/c14-9-1-2-10-8(6-20)4-19(11(10)3-9)5-12(21)18-7-13(15,16)17/h1-4,6H,5,7H2,(H,18,21). The molecule has 1 heterocycles. The molecule has 0 aliphatic rings. The van der Waals surface area contributed by atoms with Gasteiger partial charge < -0.3 is 9.88 Å². The molecule has 0 radical (unpaired) electrons. The highest BCUT2D eigenvalue weighted by Gasteiger charge is 2.27. The first-order valence-corrected chi connectivity index (χ1v) is 6.25. The van der Waals surface area contributed by atoms with Crippen LogP contribution < -0.4 is 5.32 Å². The fourth-order valence-corrected chi connectivity index (χ4v) is 2.09. The molecule has 4 nitrogen and oxygen atoms in total. The maximum atomic E-state index is 12.0. The molecular formula is C13H10ClF3N2O2. The Labute approximate surface area is 122 Å². The van der Waals surface area contributed by atoms with Crippen LogP contribution in [-0.4, -0.2) is 29.5 Å². The average molecular weight is 319 g/mol. The van der Waals surface area contributed by atoms with E-state index in [1.165, 1.54) is 10.8 Å². The van der Waals surface area contributed by atoms with Crippen LogP contribution in [0.25, 0.3) is 10.9 Å². The molecule has 2 rings (SSSR count). The topological polar surface area (TPSA) is 51.1 Å². The Morgan fingerprint density at radius 1 is 1.38 bits per heavy atom. The minimum absolute atomic E-state index is 0.333. The molecule has 0 aliphatic carbocycles. The van der Waals surface area contributed by atoms with Crippen molar-refractivity contribution in [2.75, 3.05) is 6.54 Å². The number of hydrogen-bond acceptors (Lipinski definition) is 2. The van der Waals surface area contributed by atoms with Crippen molar-refractivity contribution < 1.29 is 22.8 Å². The highest BCUT2D eigenvalue weighted by molar-refractivity contribution is 6.31. The van der Waals surface area contributed by atoms with Crippen molar-refractivity contribution in [2.45, 2.75) is 12.7 Å². The van der Waals surface area contributed by atoms with Crippen molar-refractivity contribution in [1.82, 2.24) is 9.88 Å².